The summed E-state index contributed by atoms with van der Waals surface area (Å²) in [6, 6.07) is -0.551. The van der Waals surface area contributed by atoms with Crippen LogP contribution in [0.4, 0.5) is 9.59 Å². The maximum Gasteiger partial charge on any atom is 0.407 e. The van der Waals surface area contributed by atoms with Gasteiger partial charge in [-0.3, -0.25) is 15.0 Å². The predicted molar refractivity (Wildman–Crippen MR) is 128 cm³/mol. The molecule has 0 aromatic heterocycles. The Kier molecular flexibility index (Phi) is 12.4. The number of hydrogen-bond acceptors (Lipinski definition) is 8. The number of carbonyl (C=O) groups is 4. The fourth-order valence-electron chi connectivity index (χ4n) is 2.64. The first kappa shape index (κ1) is 31.4. The molecule has 0 saturated carbocycles. The number of nitrogens with zero attached hydrogens (tertiary/aromatic N) is 1. The second-order valence-corrected chi connectivity index (χ2v) is 11.1. The van der Waals surface area contributed by atoms with Crippen LogP contribution in [0, 0.1) is 0 Å². The molecule has 0 radical (unpaired) electrons. The minimum atomic E-state index is -0.692. The Morgan fingerprint density at radius 1 is 0.794 bits per heavy atom. The summed E-state index contributed by atoms with van der Waals surface area (Å²) in [5.41, 5.74) is 0.673. The lowest BCUT2D eigenvalue weighted by atomic mass is 10.1. The van der Waals surface area contributed by atoms with E-state index in [0.29, 0.717) is 19.4 Å². The summed E-state index contributed by atoms with van der Waals surface area (Å²) in [7, 11) is 1.54. The number of esters is 1. The number of hydrogen-bond donors (Lipinski definition) is 3. The molecule has 0 aliphatic heterocycles. The van der Waals surface area contributed by atoms with Crippen molar-refractivity contribution in [1.82, 2.24) is 21.1 Å². The summed E-state index contributed by atoms with van der Waals surface area (Å²) in [6.45, 7) is 16.0. The van der Waals surface area contributed by atoms with Crippen molar-refractivity contribution in [2.24, 2.45) is 0 Å². The third-order valence-corrected chi connectivity index (χ3v) is 3.65. The van der Waals surface area contributed by atoms with E-state index in [1.54, 1.807) is 69.4 Å². The Morgan fingerprint density at radius 3 is 1.79 bits per heavy atom. The fraction of sp³-hybridized carbons (Fsp3) is 0.826. The molecule has 0 aliphatic carbocycles. The van der Waals surface area contributed by atoms with Crippen LogP contribution in [-0.2, 0) is 23.8 Å². The molecule has 11 nitrogen and oxygen atoms in total. The van der Waals surface area contributed by atoms with E-state index in [1.165, 1.54) is 5.01 Å². The number of nitrogens with one attached hydrogen (secondary N) is 3. The van der Waals surface area contributed by atoms with E-state index in [-0.39, 0.29) is 13.0 Å². The highest BCUT2D eigenvalue weighted by Gasteiger charge is 2.23. The third kappa shape index (κ3) is 19.0. The number of ether oxygens (including phenoxy) is 3. The summed E-state index contributed by atoms with van der Waals surface area (Å²) in [5.74, 6) is -0.876. The van der Waals surface area contributed by atoms with Crippen molar-refractivity contribution >= 4 is 24.1 Å². The van der Waals surface area contributed by atoms with Gasteiger partial charge in [-0.15, -0.1) is 0 Å². The number of rotatable bonds is 10. The van der Waals surface area contributed by atoms with Crippen molar-refractivity contribution in [3.05, 3.63) is 0 Å². The van der Waals surface area contributed by atoms with Crippen molar-refractivity contribution in [1.29, 1.82) is 0 Å². The van der Waals surface area contributed by atoms with Crippen LogP contribution in [0.5, 0.6) is 0 Å². The summed E-state index contributed by atoms with van der Waals surface area (Å²) in [6.07, 6.45) is -0.346. The number of hydrazine groups is 1. The second kappa shape index (κ2) is 13.4. The molecule has 0 heterocycles. The molecule has 0 unspecified atom stereocenters. The van der Waals surface area contributed by atoms with Crippen LogP contribution in [0.15, 0.2) is 0 Å². The van der Waals surface area contributed by atoms with Crippen LogP contribution in [0.1, 0.15) is 81.6 Å². The number of carbonyl (C=O) groups excluding carboxylic acids is 4. The van der Waals surface area contributed by atoms with E-state index in [1.807, 2.05) is 0 Å². The molecule has 1 atom stereocenters. The molecule has 3 N–H and O–H groups in total. The van der Waals surface area contributed by atoms with Gasteiger partial charge < -0.3 is 24.8 Å². The lowest BCUT2D eigenvalue weighted by Gasteiger charge is -2.25. The van der Waals surface area contributed by atoms with Gasteiger partial charge in [-0.1, -0.05) is 0 Å². The van der Waals surface area contributed by atoms with Gasteiger partial charge in [0.1, 0.15) is 23.3 Å². The zero-order chi connectivity index (χ0) is 26.7. The van der Waals surface area contributed by atoms with Crippen molar-refractivity contribution < 1.29 is 33.4 Å². The zero-order valence-electron chi connectivity index (χ0n) is 22.4. The van der Waals surface area contributed by atoms with Gasteiger partial charge >= 0.3 is 18.2 Å². The van der Waals surface area contributed by atoms with Gasteiger partial charge in [0.15, 0.2) is 0 Å². The van der Waals surface area contributed by atoms with Gasteiger partial charge in [-0.2, -0.15) is 0 Å². The molecule has 0 rings (SSSR count). The largest absolute Gasteiger partial charge is 0.459 e. The monoisotopic (exact) mass is 488 g/mol. The van der Waals surface area contributed by atoms with Crippen LogP contribution in [-0.4, -0.2) is 72.1 Å². The maximum atomic E-state index is 12.5. The molecule has 0 saturated heterocycles. The quantitative estimate of drug-likeness (QED) is 0.185. The van der Waals surface area contributed by atoms with E-state index < -0.39 is 46.9 Å². The predicted octanol–water partition coefficient (Wildman–Crippen LogP) is 2.88. The average Bonchev–Trinajstić information content (AvgIpc) is 2.52. The van der Waals surface area contributed by atoms with Gasteiger partial charge in [0, 0.05) is 26.1 Å². The smallest absolute Gasteiger partial charge is 0.407 e. The molecular weight excluding hydrogens is 444 g/mol. The lowest BCUT2D eigenvalue weighted by molar-refractivity contribution is -0.156. The highest BCUT2D eigenvalue weighted by Crippen LogP contribution is 2.10. The van der Waals surface area contributed by atoms with Crippen LogP contribution in [0.25, 0.3) is 0 Å². The first-order valence-electron chi connectivity index (χ1n) is 11.4. The normalized spacial score (nSPS) is 13.0. The maximum absolute atomic E-state index is 12.5. The number of alkyl carbamates (subject to hydrolysis) is 2. The summed E-state index contributed by atoms with van der Waals surface area (Å²) >= 11 is 0. The topological polar surface area (TPSA) is 135 Å². The number of amides is 3. The standard InChI is InChI=1S/C23H44N4O7/c1-21(2,3)32-18(29)15-27(10)26-17(28)14-16(25-20(31)34-23(7,8)9)12-11-13-24-19(30)33-22(4,5)6/h16H,11-15H2,1-10H3,(H,24,30)(H,25,31)(H,26,28)/t16-/m0/s1. The zero-order valence-corrected chi connectivity index (χ0v) is 22.4. The van der Waals surface area contributed by atoms with E-state index in [9.17, 15) is 19.2 Å². The van der Waals surface area contributed by atoms with Gasteiger partial charge in [0.05, 0.1) is 0 Å². The molecule has 0 aromatic rings. The Bertz CT molecular complexity index is 691. The molecular formula is C23H44N4O7. The van der Waals surface area contributed by atoms with E-state index in [0.717, 1.165) is 0 Å². The average molecular weight is 489 g/mol. The molecule has 0 bridgehead atoms. The Labute approximate surface area is 203 Å². The Morgan fingerprint density at radius 2 is 1.29 bits per heavy atom. The van der Waals surface area contributed by atoms with Crippen molar-refractivity contribution in [2.75, 3.05) is 20.1 Å². The number of likely N-dealkylation sites (N-methyl/N-ethyl adjacent to an activating group) is 1. The first-order valence-corrected chi connectivity index (χ1v) is 11.4. The van der Waals surface area contributed by atoms with E-state index >= 15 is 0 Å². The summed E-state index contributed by atoms with van der Waals surface area (Å²) in [5, 5.41) is 6.67. The molecule has 198 valence electrons. The summed E-state index contributed by atoms with van der Waals surface area (Å²) in [4.78, 5) is 48.4. The minimum absolute atomic E-state index is 0.0513. The minimum Gasteiger partial charge on any atom is -0.459 e. The lowest BCUT2D eigenvalue weighted by Crippen LogP contribution is -2.47. The van der Waals surface area contributed by atoms with Crippen LogP contribution in [0.3, 0.4) is 0 Å². The highest BCUT2D eigenvalue weighted by molar-refractivity contribution is 5.78. The summed E-state index contributed by atoms with van der Waals surface area (Å²) < 4.78 is 15.7. The van der Waals surface area contributed by atoms with E-state index in [4.69, 9.17) is 14.2 Å². The second-order valence-electron chi connectivity index (χ2n) is 11.1. The SMILES string of the molecule is CN(CC(=O)OC(C)(C)C)NC(=O)C[C@H](CCCNC(=O)OC(C)(C)C)NC(=O)OC(C)(C)C. The van der Waals surface area contributed by atoms with Crippen LogP contribution >= 0.6 is 0 Å². The fourth-order valence-corrected chi connectivity index (χ4v) is 2.64. The van der Waals surface area contributed by atoms with Gasteiger partial charge in [0.25, 0.3) is 0 Å². The Balaban J connectivity index is 4.82. The van der Waals surface area contributed by atoms with Crippen molar-refractivity contribution in [3.63, 3.8) is 0 Å². The highest BCUT2D eigenvalue weighted by atomic mass is 16.6. The molecule has 0 aromatic carbocycles. The molecule has 0 aliphatic rings. The van der Waals surface area contributed by atoms with Gasteiger partial charge in [-0.25, -0.2) is 14.6 Å². The third-order valence-electron chi connectivity index (χ3n) is 3.65. The molecule has 34 heavy (non-hydrogen) atoms. The van der Waals surface area contributed by atoms with Crippen molar-refractivity contribution in [3.8, 4) is 0 Å². The van der Waals surface area contributed by atoms with Crippen LogP contribution < -0.4 is 16.1 Å². The Hall–Kier alpha value is -2.56. The van der Waals surface area contributed by atoms with Crippen molar-refractivity contribution in [2.45, 2.75) is 104 Å². The molecule has 0 fully saturated rings. The van der Waals surface area contributed by atoms with Gasteiger partial charge in [0.2, 0.25) is 5.91 Å². The molecule has 3 amide bonds. The van der Waals surface area contributed by atoms with E-state index in [2.05, 4.69) is 16.1 Å². The van der Waals surface area contributed by atoms with Crippen LogP contribution in [0.2, 0.25) is 0 Å². The molecule has 0 spiro atoms. The van der Waals surface area contributed by atoms with Gasteiger partial charge in [-0.05, 0) is 75.2 Å². The first-order chi connectivity index (χ1) is 15.3. The molecule has 11 heteroatoms.